The highest BCUT2D eigenvalue weighted by Crippen LogP contribution is 2.35. The molecule has 0 unspecified atom stereocenters. The number of nitrogens with zero attached hydrogens (tertiary/aromatic N) is 1. The van der Waals surface area contributed by atoms with Gasteiger partial charge < -0.3 is 4.74 Å². The summed E-state index contributed by atoms with van der Waals surface area (Å²) in [5.74, 6) is -0.835. The summed E-state index contributed by atoms with van der Waals surface area (Å²) < 4.78 is 19.0. The van der Waals surface area contributed by atoms with Gasteiger partial charge >= 0.3 is 5.97 Å². The van der Waals surface area contributed by atoms with Crippen LogP contribution in [0.15, 0.2) is 22.7 Å². The van der Waals surface area contributed by atoms with Crippen LogP contribution in [0, 0.1) is 12.7 Å². The Bertz CT molecular complexity index is 592. The molecule has 0 spiro atoms. The van der Waals surface area contributed by atoms with Gasteiger partial charge in [0, 0.05) is 4.47 Å². The van der Waals surface area contributed by atoms with Crippen LogP contribution in [-0.2, 0) is 4.74 Å². The predicted octanol–water partition coefficient (Wildman–Crippen LogP) is 3.81. The van der Waals surface area contributed by atoms with Gasteiger partial charge in [-0.25, -0.2) is 14.2 Å². The minimum atomic E-state index is -0.455. The number of aryl methyl sites for hydroxylation is 1. The summed E-state index contributed by atoms with van der Waals surface area (Å²) in [5, 5.41) is 0.456. The maximum absolute atomic E-state index is 13.8. The molecule has 0 aliphatic carbocycles. The van der Waals surface area contributed by atoms with Crippen molar-refractivity contribution in [3.8, 4) is 10.6 Å². The third-order valence-electron chi connectivity index (χ3n) is 2.34. The molecule has 0 N–H and O–H groups in total. The number of rotatable bonds is 2. The second-order valence-corrected chi connectivity index (χ2v) is 5.38. The molecule has 0 aliphatic rings. The topological polar surface area (TPSA) is 39.2 Å². The number of esters is 1. The van der Waals surface area contributed by atoms with Crippen molar-refractivity contribution in [1.29, 1.82) is 0 Å². The standard InChI is InChI=1S/C12H9BrFNO2S/c1-6-10(12(16)17-2)18-11(15-6)9-7(13)4-3-5-8(9)14/h3-5H,1-2H3. The van der Waals surface area contributed by atoms with E-state index in [1.165, 1.54) is 13.2 Å². The maximum atomic E-state index is 13.8. The van der Waals surface area contributed by atoms with E-state index in [9.17, 15) is 9.18 Å². The van der Waals surface area contributed by atoms with E-state index in [0.29, 0.717) is 25.6 Å². The van der Waals surface area contributed by atoms with Gasteiger partial charge in [0.05, 0.1) is 18.4 Å². The van der Waals surface area contributed by atoms with Gasteiger partial charge in [-0.2, -0.15) is 0 Å². The van der Waals surface area contributed by atoms with Crippen molar-refractivity contribution >= 4 is 33.2 Å². The Morgan fingerprint density at radius 2 is 2.22 bits per heavy atom. The molecule has 1 aromatic heterocycles. The number of carbonyl (C=O) groups excluding carboxylic acids is 1. The second-order valence-electron chi connectivity index (χ2n) is 3.52. The maximum Gasteiger partial charge on any atom is 0.349 e. The van der Waals surface area contributed by atoms with Crippen molar-refractivity contribution < 1.29 is 13.9 Å². The first-order valence-corrected chi connectivity index (χ1v) is 6.65. The van der Waals surface area contributed by atoms with Gasteiger partial charge in [-0.1, -0.05) is 6.07 Å². The molecule has 2 rings (SSSR count). The van der Waals surface area contributed by atoms with E-state index in [2.05, 4.69) is 25.7 Å². The second kappa shape index (κ2) is 5.16. The molecular weight excluding hydrogens is 321 g/mol. The van der Waals surface area contributed by atoms with Crippen LogP contribution in [0.4, 0.5) is 4.39 Å². The Hall–Kier alpha value is -1.27. The van der Waals surface area contributed by atoms with Crippen LogP contribution in [0.2, 0.25) is 0 Å². The van der Waals surface area contributed by atoms with Crippen molar-refractivity contribution in [3.63, 3.8) is 0 Å². The zero-order valence-electron chi connectivity index (χ0n) is 9.66. The van der Waals surface area contributed by atoms with Gasteiger partial charge in [-0.15, -0.1) is 11.3 Å². The largest absolute Gasteiger partial charge is 0.465 e. The molecule has 18 heavy (non-hydrogen) atoms. The lowest BCUT2D eigenvalue weighted by atomic mass is 10.2. The molecule has 0 atom stereocenters. The average molecular weight is 330 g/mol. The lowest BCUT2D eigenvalue weighted by Gasteiger charge is -2.01. The van der Waals surface area contributed by atoms with Crippen LogP contribution in [0.5, 0.6) is 0 Å². The molecule has 0 aliphatic heterocycles. The molecule has 0 saturated heterocycles. The number of benzene rings is 1. The summed E-state index contributed by atoms with van der Waals surface area (Å²) in [7, 11) is 1.31. The van der Waals surface area contributed by atoms with Crippen molar-refractivity contribution in [2.45, 2.75) is 6.92 Å². The summed E-state index contributed by atoms with van der Waals surface area (Å²) in [5.41, 5.74) is 0.901. The molecule has 0 saturated carbocycles. The van der Waals surface area contributed by atoms with Crippen LogP contribution < -0.4 is 0 Å². The Morgan fingerprint density at radius 1 is 1.50 bits per heavy atom. The number of aromatic nitrogens is 1. The van der Waals surface area contributed by atoms with Gasteiger partial charge in [0.2, 0.25) is 0 Å². The average Bonchev–Trinajstić information content (AvgIpc) is 2.70. The zero-order valence-corrected chi connectivity index (χ0v) is 12.1. The lowest BCUT2D eigenvalue weighted by molar-refractivity contribution is 0.0605. The fourth-order valence-corrected chi connectivity index (χ4v) is 3.19. The first-order chi connectivity index (χ1) is 8.54. The monoisotopic (exact) mass is 329 g/mol. The summed E-state index contributed by atoms with van der Waals surface area (Å²) in [4.78, 5) is 16.1. The fourth-order valence-electron chi connectivity index (χ4n) is 1.49. The van der Waals surface area contributed by atoms with Gasteiger partial charge in [-0.3, -0.25) is 0 Å². The van der Waals surface area contributed by atoms with Crippen LogP contribution in [-0.4, -0.2) is 18.1 Å². The van der Waals surface area contributed by atoms with Crippen LogP contribution in [0.3, 0.4) is 0 Å². The van der Waals surface area contributed by atoms with E-state index in [4.69, 9.17) is 0 Å². The molecule has 3 nitrogen and oxygen atoms in total. The molecular formula is C12H9BrFNO2S. The molecule has 0 bridgehead atoms. The van der Waals surface area contributed by atoms with Gasteiger partial charge in [0.15, 0.2) is 0 Å². The highest BCUT2D eigenvalue weighted by Gasteiger charge is 2.19. The predicted molar refractivity (Wildman–Crippen MR) is 71.3 cm³/mol. The number of methoxy groups -OCH3 is 1. The van der Waals surface area contributed by atoms with Crippen molar-refractivity contribution in [1.82, 2.24) is 4.98 Å². The Kier molecular flexibility index (Phi) is 3.77. The first kappa shape index (κ1) is 13.2. The van der Waals surface area contributed by atoms with Crippen molar-refractivity contribution in [3.05, 3.63) is 39.1 Å². The first-order valence-electron chi connectivity index (χ1n) is 5.04. The van der Waals surface area contributed by atoms with Crippen molar-refractivity contribution in [2.75, 3.05) is 7.11 Å². The van der Waals surface area contributed by atoms with E-state index >= 15 is 0 Å². The normalized spacial score (nSPS) is 10.4. The number of thiazole rings is 1. The molecule has 1 heterocycles. The lowest BCUT2D eigenvalue weighted by Crippen LogP contribution is -1.99. The molecule has 2 aromatic rings. The summed E-state index contributed by atoms with van der Waals surface area (Å²) in [6, 6.07) is 4.69. The third-order valence-corrected chi connectivity index (χ3v) is 4.16. The van der Waals surface area contributed by atoms with E-state index in [-0.39, 0.29) is 5.82 Å². The minimum Gasteiger partial charge on any atom is -0.465 e. The summed E-state index contributed by atoms with van der Waals surface area (Å²) >= 11 is 4.40. The third kappa shape index (κ3) is 2.30. The SMILES string of the molecule is COC(=O)c1sc(-c2c(F)cccc2Br)nc1C. The molecule has 0 radical (unpaired) electrons. The van der Waals surface area contributed by atoms with E-state index in [1.807, 2.05) is 0 Å². The van der Waals surface area contributed by atoms with E-state index in [0.717, 1.165) is 11.3 Å². The van der Waals surface area contributed by atoms with E-state index in [1.54, 1.807) is 19.1 Å². The van der Waals surface area contributed by atoms with Gasteiger partial charge in [-0.05, 0) is 35.0 Å². The number of hydrogen-bond acceptors (Lipinski definition) is 4. The zero-order chi connectivity index (χ0) is 13.3. The van der Waals surface area contributed by atoms with Crippen LogP contribution in [0.1, 0.15) is 15.4 Å². The van der Waals surface area contributed by atoms with Crippen LogP contribution >= 0.6 is 27.3 Å². The fraction of sp³-hybridized carbons (Fsp3) is 0.167. The molecule has 6 heteroatoms. The number of ether oxygens (including phenoxy) is 1. The molecule has 0 amide bonds. The van der Waals surface area contributed by atoms with Gasteiger partial charge in [0.1, 0.15) is 15.7 Å². The molecule has 0 fully saturated rings. The highest BCUT2D eigenvalue weighted by molar-refractivity contribution is 9.10. The number of halogens is 2. The summed E-state index contributed by atoms with van der Waals surface area (Å²) in [6.45, 7) is 1.70. The van der Waals surface area contributed by atoms with Crippen molar-refractivity contribution in [2.24, 2.45) is 0 Å². The van der Waals surface area contributed by atoms with Gasteiger partial charge in [0.25, 0.3) is 0 Å². The molecule has 94 valence electrons. The quantitative estimate of drug-likeness (QED) is 0.786. The number of carbonyl (C=O) groups is 1. The summed E-state index contributed by atoms with van der Waals surface area (Å²) in [6.07, 6.45) is 0. The molecule has 1 aromatic carbocycles. The Labute approximate surface area is 116 Å². The van der Waals surface area contributed by atoms with E-state index < -0.39 is 5.97 Å². The Morgan fingerprint density at radius 3 is 2.83 bits per heavy atom. The number of hydrogen-bond donors (Lipinski definition) is 0. The highest BCUT2D eigenvalue weighted by atomic mass is 79.9. The van der Waals surface area contributed by atoms with Crippen LogP contribution in [0.25, 0.3) is 10.6 Å². The smallest absolute Gasteiger partial charge is 0.349 e. The Balaban J connectivity index is 2.56. The minimum absolute atomic E-state index is 0.362.